The molecule has 8 nitrogen and oxygen atoms in total. The summed E-state index contributed by atoms with van der Waals surface area (Å²) in [6, 6.07) is 11.9. The molecule has 168 valence electrons. The minimum Gasteiger partial charge on any atom is -0.427 e. The maximum atomic E-state index is 13.9. The molecule has 0 bridgehead atoms. The van der Waals surface area contributed by atoms with Crippen LogP contribution in [-0.4, -0.2) is 41.2 Å². The molecule has 3 amide bonds. The standard InChI is InChI=1S/C25H23N3O5/c1-13-5-10-18-17(12-13)25(24(32)26-18)21-20(19-4-3-11-27(19)25)22(30)28(23(21)31)15-6-8-16(9-7-15)33-14(2)29/h5-10,12,19-21H,3-4,11H2,1-2H3,(H,26,32)/t19-,20+,21-,25+/m0/s1. The second kappa shape index (κ2) is 6.74. The van der Waals surface area contributed by atoms with Gasteiger partial charge in [-0.25, -0.2) is 4.90 Å². The van der Waals surface area contributed by atoms with Crippen molar-refractivity contribution in [2.45, 2.75) is 38.3 Å². The number of rotatable bonds is 2. The van der Waals surface area contributed by atoms with E-state index in [1.54, 1.807) is 24.3 Å². The van der Waals surface area contributed by atoms with E-state index < -0.39 is 23.3 Å². The molecule has 0 radical (unpaired) electrons. The maximum Gasteiger partial charge on any atom is 0.308 e. The summed E-state index contributed by atoms with van der Waals surface area (Å²) in [6.45, 7) is 3.95. The SMILES string of the molecule is CC(=O)Oc1ccc(N2C(=O)[C@H]3[C@@H](C2=O)[C@]2(C(=O)Nc4ccc(C)cc42)N2CCC[C@@H]32)cc1. The molecule has 0 unspecified atom stereocenters. The van der Waals surface area contributed by atoms with E-state index in [1.165, 1.54) is 11.8 Å². The minimum atomic E-state index is -1.17. The Balaban J connectivity index is 1.47. The molecule has 1 N–H and O–H groups in total. The van der Waals surface area contributed by atoms with Gasteiger partial charge in [-0.15, -0.1) is 0 Å². The summed E-state index contributed by atoms with van der Waals surface area (Å²) in [4.78, 5) is 55.7. The average Bonchev–Trinajstić information content (AvgIpc) is 3.47. The number of anilines is 2. The molecule has 6 rings (SSSR count). The van der Waals surface area contributed by atoms with Crippen molar-refractivity contribution in [3.63, 3.8) is 0 Å². The monoisotopic (exact) mass is 445 g/mol. The number of hydrogen-bond acceptors (Lipinski definition) is 6. The number of benzene rings is 2. The lowest BCUT2D eigenvalue weighted by molar-refractivity contribution is -0.135. The molecule has 33 heavy (non-hydrogen) atoms. The van der Waals surface area contributed by atoms with Gasteiger partial charge in [0.05, 0.1) is 17.5 Å². The smallest absolute Gasteiger partial charge is 0.308 e. The van der Waals surface area contributed by atoms with Gasteiger partial charge in [0.1, 0.15) is 11.3 Å². The predicted molar refractivity (Wildman–Crippen MR) is 118 cm³/mol. The van der Waals surface area contributed by atoms with Gasteiger partial charge in [-0.2, -0.15) is 0 Å². The maximum absolute atomic E-state index is 13.9. The van der Waals surface area contributed by atoms with Crippen LogP contribution in [0.2, 0.25) is 0 Å². The molecule has 4 aliphatic heterocycles. The van der Waals surface area contributed by atoms with Crippen LogP contribution in [0.5, 0.6) is 5.75 Å². The van der Waals surface area contributed by atoms with E-state index in [0.717, 1.165) is 24.0 Å². The van der Waals surface area contributed by atoms with Crippen molar-refractivity contribution >= 4 is 35.1 Å². The van der Waals surface area contributed by atoms with Gasteiger partial charge in [0.15, 0.2) is 0 Å². The summed E-state index contributed by atoms with van der Waals surface area (Å²) in [5.74, 6) is -2.33. The third-order valence-corrected chi connectivity index (χ3v) is 7.50. The number of nitrogens with one attached hydrogen (secondary N) is 1. The van der Waals surface area contributed by atoms with Crippen LogP contribution in [0.1, 0.15) is 30.9 Å². The Morgan fingerprint density at radius 1 is 1.09 bits per heavy atom. The van der Waals surface area contributed by atoms with Crippen LogP contribution in [0, 0.1) is 18.8 Å². The number of hydrogen-bond donors (Lipinski definition) is 1. The van der Waals surface area contributed by atoms with Crippen molar-refractivity contribution in [3.05, 3.63) is 53.6 Å². The summed E-state index contributed by atoms with van der Waals surface area (Å²) in [5, 5.41) is 2.99. The summed E-state index contributed by atoms with van der Waals surface area (Å²) >= 11 is 0. The number of esters is 1. The first-order valence-electron chi connectivity index (χ1n) is 11.2. The Kier molecular flexibility index (Phi) is 4.11. The highest BCUT2D eigenvalue weighted by atomic mass is 16.5. The molecule has 2 aromatic carbocycles. The van der Waals surface area contributed by atoms with E-state index in [-0.39, 0.29) is 23.8 Å². The molecule has 3 fully saturated rings. The van der Waals surface area contributed by atoms with Crippen LogP contribution in [0.3, 0.4) is 0 Å². The van der Waals surface area contributed by atoms with E-state index in [0.29, 0.717) is 23.7 Å². The molecule has 3 saturated heterocycles. The zero-order chi connectivity index (χ0) is 23.1. The highest BCUT2D eigenvalue weighted by molar-refractivity contribution is 6.25. The minimum absolute atomic E-state index is 0.158. The van der Waals surface area contributed by atoms with Crippen molar-refractivity contribution in [2.24, 2.45) is 11.8 Å². The second-order valence-electron chi connectivity index (χ2n) is 9.28. The first-order chi connectivity index (χ1) is 15.8. The van der Waals surface area contributed by atoms with Crippen molar-refractivity contribution in [3.8, 4) is 5.75 Å². The summed E-state index contributed by atoms with van der Waals surface area (Å²) in [5.41, 5.74) is 1.74. The van der Waals surface area contributed by atoms with E-state index in [1.807, 2.05) is 25.1 Å². The van der Waals surface area contributed by atoms with Crippen molar-refractivity contribution < 1.29 is 23.9 Å². The first kappa shape index (κ1) is 20.1. The van der Waals surface area contributed by atoms with Gasteiger partial charge in [0.25, 0.3) is 0 Å². The lowest BCUT2D eigenvalue weighted by Crippen LogP contribution is -2.54. The van der Waals surface area contributed by atoms with Gasteiger partial charge in [-0.05, 0) is 56.6 Å². The molecule has 8 heteroatoms. The summed E-state index contributed by atoms with van der Waals surface area (Å²) in [6.07, 6.45) is 1.65. The lowest BCUT2D eigenvalue weighted by Gasteiger charge is -2.36. The molecular weight excluding hydrogens is 422 g/mol. The third-order valence-electron chi connectivity index (χ3n) is 7.50. The Labute approximate surface area is 190 Å². The van der Waals surface area contributed by atoms with E-state index >= 15 is 0 Å². The van der Waals surface area contributed by atoms with Crippen LogP contribution >= 0.6 is 0 Å². The van der Waals surface area contributed by atoms with Crippen LogP contribution < -0.4 is 15.0 Å². The number of aryl methyl sites for hydroxylation is 1. The van der Waals surface area contributed by atoms with Crippen LogP contribution in [-0.2, 0) is 24.7 Å². The lowest BCUT2D eigenvalue weighted by atomic mass is 9.75. The average molecular weight is 445 g/mol. The zero-order valence-electron chi connectivity index (χ0n) is 18.3. The van der Waals surface area contributed by atoms with Crippen LogP contribution in [0.25, 0.3) is 0 Å². The molecule has 4 atom stereocenters. The second-order valence-corrected chi connectivity index (χ2v) is 9.28. The van der Waals surface area contributed by atoms with Crippen molar-refractivity contribution in [1.29, 1.82) is 0 Å². The van der Waals surface area contributed by atoms with Crippen LogP contribution in [0.15, 0.2) is 42.5 Å². The molecule has 4 aliphatic rings. The third kappa shape index (κ3) is 2.49. The Morgan fingerprint density at radius 3 is 2.58 bits per heavy atom. The number of carbonyl (C=O) groups excluding carboxylic acids is 4. The number of carbonyl (C=O) groups is 4. The van der Waals surface area contributed by atoms with E-state index in [4.69, 9.17) is 4.74 Å². The van der Waals surface area contributed by atoms with Gasteiger partial charge in [-0.1, -0.05) is 17.7 Å². The number of fused-ring (bicyclic) bond motifs is 7. The Bertz CT molecular complexity index is 1240. The van der Waals surface area contributed by atoms with Gasteiger partial charge in [0.2, 0.25) is 17.7 Å². The van der Waals surface area contributed by atoms with Crippen LogP contribution in [0.4, 0.5) is 11.4 Å². The highest BCUT2D eigenvalue weighted by Crippen LogP contribution is 2.60. The number of imide groups is 1. The van der Waals surface area contributed by atoms with Gasteiger partial charge >= 0.3 is 5.97 Å². The topological polar surface area (TPSA) is 96.0 Å². The molecule has 4 heterocycles. The predicted octanol–water partition coefficient (Wildman–Crippen LogP) is 2.35. The highest BCUT2D eigenvalue weighted by Gasteiger charge is 2.74. The molecule has 2 aromatic rings. The quantitative estimate of drug-likeness (QED) is 0.433. The summed E-state index contributed by atoms with van der Waals surface area (Å²) < 4.78 is 5.07. The fraction of sp³-hybridized carbons (Fsp3) is 0.360. The van der Waals surface area contributed by atoms with Gasteiger partial charge in [-0.3, -0.25) is 24.1 Å². The largest absolute Gasteiger partial charge is 0.427 e. The first-order valence-corrected chi connectivity index (χ1v) is 11.2. The molecule has 0 aliphatic carbocycles. The van der Waals surface area contributed by atoms with E-state index in [9.17, 15) is 19.2 Å². The number of amides is 3. The fourth-order valence-electron chi connectivity index (χ4n) is 6.40. The van der Waals surface area contributed by atoms with Gasteiger partial charge < -0.3 is 10.1 Å². The normalized spacial score (nSPS) is 29.9. The Hall–Kier alpha value is -3.52. The van der Waals surface area contributed by atoms with E-state index in [2.05, 4.69) is 10.2 Å². The summed E-state index contributed by atoms with van der Waals surface area (Å²) in [7, 11) is 0. The van der Waals surface area contributed by atoms with Gasteiger partial charge in [0, 0.05) is 24.2 Å². The molecule has 0 aromatic heterocycles. The van der Waals surface area contributed by atoms with Crippen molar-refractivity contribution in [1.82, 2.24) is 4.90 Å². The molecule has 1 spiro atoms. The fourth-order valence-corrected chi connectivity index (χ4v) is 6.40. The number of nitrogens with zero attached hydrogens (tertiary/aromatic N) is 2. The number of ether oxygens (including phenoxy) is 1. The molecular formula is C25H23N3O5. The molecule has 0 saturated carbocycles. The Morgan fingerprint density at radius 2 is 1.85 bits per heavy atom. The zero-order valence-corrected chi connectivity index (χ0v) is 18.3. The van der Waals surface area contributed by atoms with Crippen molar-refractivity contribution in [2.75, 3.05) is 16.8 Å².